The van der Waals surface area contributed by atoms with E-state index in [-0.39, 0.29) is 5.78 Å². The van der Waals surface area contributed by atoms with Gasteiger partial charge in [-0.25, -0.2) is 0 Å². The highest BCUT2D eigenvalue weighted by atomic mass is 16.1. The van der Waals surface area contributed by atoms with Crippen molar-refractivity contribution in [1.82, 2.24) is 0 Å². The lowest BCUT2D eigenvalue weighted by Crippen LogP contribution is -2.02. The number of hydrogen-bond acceptors (Lipinski definition) is 1. The van der Waals surface area contributed by atoms with E-state index in [0.717, 1.165) is 29.5 Å². The maximum atomic E-state index is 12.6. The Hall–Kier alpha value is -2.15. The summed E-state index contributed by atoms with van der Waals surface area (Å²) in [5, 5.41) is 0. The molecule has 1 nitrogen and oxygen atoms in total. The summed E-state index contributed by atoms with van der Waals surface area (Å²) in [7, 11) is 0. The van der Waals surface area contributed by atoms with Gasteiger partial charge in [0, 0.05) is 11.1 Å². The van der Waals surface area contributed by atoms with Crippen LogP contribution in [0.4, 0.5) is 0 Å². The second-order valence-corrected chi connectivity index (χ2v) is 4.54. The van der Waals surface area contributed by atoms with Crippen LogP contribution in [0.5, 0.6) is 0 Å². The molecule has 0 bridgehead atoms. The molecule has 2 aromatic carbocycles. The lowest BCUT2D eigenvalue weighted by atomic mass is 9.96. The van der Waals surface area contributed by atoms with Crippen molar-refractivity contribution in [3.05, 3.63) is 77.4 Å². The van der Waals surface area contributed by atoms with E-state index in [9.17, 15) is 4.79 Å². The fourth-order valence-corrected chi connectivity index (χ4v) is 2.15. The van der Waals surface area contributed by atoms with E-state index in [2.05, 4.69) is 0 Å². The fourth-order valence-electron chi connectivity index (χ4n) is 2.15. The number of Topliss-reactive ketones (excluding diaryl/α,β-unsaturated/α-hetero) is 1. The Morgan fingerprint density at radius 3 is 1.72 bits per heavy atom. The van der Waals surface area contributed by atoms with Gasteiger partial charge in [0.1, 0.15) is 0 Å². The number of hydrogen-bond donors (Lipinski definition) is 0. The summed E-state index contributed by atoms with van der Waals surface area (Å²) in [6.45, 7) is 0. The van der Waals surface area contributed by atoms with Crippen LogP contribution >= 0.6 is 0 Å². The van der Waals surface area contributed by atoms with Crippen LogP contribution in [0.15, 0.2) is 66.2 Å². The molecule has 0 radical (unpaired) electrons. The van der Waals surface area contributed by atoms with Gasteiger partial charge < -0.3 is 0 Å². The van der Waals surface area contributed by atoms with Crippen molar-refractivity contribution >= 4 is 11.4 Å². The van der Waals surface area contributed by atoms with Gasteiger partial charge >= 0.3 is 0 Å². The quantitative estimate of drug-likeness (QED) is 0.576. The van der Waals surface area contributed by atoms with Crippen molar-refractivity contribution in [2.24, 2.45) is 0 Å². The van der Waals surface area contributed by atoms with Crippen molar-refractivity contribution in [1.29, 1.82) is 0 Å². The van der Waals surface area contributed by atoms with Crippen molar-refractivity contribution in [3.63, 3.8) is 0 Å². The number of ketones is 1. The molecule has 0 aromatic heterocycles. The van der Waals surface area contributed by atoms with Crippen LogP contribution in [-0.4, -0.2) is 5.78 Å². The molecule has 0 amide bonds. The Labute approximate surface area is 107 Å². The molecule has 0 saturated heterocycles. The minimum Gasteiger partial charge on any atom is -0.289 e. The van der Waals surface area contributed by atoms with Crippen molar-refractivity contribution in [2.75, 3.05) is 0 Å². The highest BCUT2D eigenvalue weighted by Gasteiger charge is 2.24. The summed E-state index contributed by atoms with van der Waals surface area (Å²) in [5.74, 6) is 0.148. The van der Waals surface area contributed by atoms with Crippen LogP contribution in [0.2, 0.25) is 0 Å². The summed E-state index contributed by atoms with van der Waals surface area (Å²) >= 11 is 0. The first-order valence-electron chi connectivity index (χ1n) is 6.23. The number of allylic oxidation sites excluding steroid dienone is 2. The summed E-state index contributed by atoms with van der Waals surface area (Å²) in [6, 6.07) is 19.5. The Morgan fingerprint density at radius 1 is 0.722 bits per heavy atom. The molecule has 0 atom stereocenters. The van der Waals surface area contributed by atoms with E-state index in [1.54, 1.807) is 0 Å². The molecular formula is C17H14O. The van der Waals surface area contributed by atoms with Gasteiger partial charge in [0.05, 0.1) is 0 Å². The van der Waals surface area contributed by atoms with E-state index in [1.807, 2.05) is 60.7 Å². The monoisotopic (exact) mass is 234 g/mol. The molecule has 18 heavy (non-hydrogen) atoms. The average Bonchev–Trinajstić information content (AvgIpc) is 3.26. The van der Waals surface area contributed by atoms with Crippen molar-refractivity contribution in [3.8, 4) is 0 Å². The topological polar surface area (TPSA) is 17.1 Å². The predicted octanol–water partition coefficient (Wildman–Crippen LogP) is 4.12. The molecular weight excluding hydrogens is 220 g/mol. The predicted molar refractivity (Wildman–Crippen MR) is 73.4 cm³/mol. The van der Waals surface area contributed by atoms with Crippen LogP contribution in [0.25, 0.3) is 5.57 Å². The Balaban J connectivity index is 2.04. The fraction of sp³-hybridized carbons (Fsp3) is 0.118. The van der Waals surface area contributed by atoms with Crippen LogP contribution < -0.4 is 0 Å². The molecule has 1 fully saturated rings. The molecule has 0 spiro atoms. The van der Waals surface area contributed by atoms with Gasteiger partial charge in [0.25, 0.3) is 0 Å². The zero-order valence-electron chi connectivity index (χ0n) is 10.1. The summed E-state index contributed by atoms with van der Waals surface area (Å²) in [6.07, 6.45) is 2.12. The zero-order valence-corrected chi connectivity index (χ0v) is 10.1. The maximum Gasteiger partial charge on any atom is 0.193 e. The van der Waals surface area contributed by atoms with E-state index in [1.165, 1.54) is 5.57 Å². The summed E-state index contributed by atoms with van der Waals surface area (Å²) in [4.78, 5) is 12.6. The first kappa shape index (κ1) is 11.0. The molecule has 2 aromatic rings. The molecule has 1 heteroatoms. The summed E-state index contributed by atoms with van der Waals surface area (Å²) < 4.78 is 0. The van der Waals surface area contributed by atoms with E-state index < -0.39 is 0 Å². The van der Waals surface area contributed by atoms with Crippen LogP contribution in [0.1, 0.15) is 28.8 Å². The highest BCUT2D eigenvalue weighted by Crippen LogP contribution is 2.38. The van der Waals surface area contributed by atoms with Gasteiger partial charge in [-0.3, -0.25) is 4.79 Å². The number of carbonyl (C=O) groups is 1. The van der Waals surface area contributed by atoms with E-state index in [4.69, 9.17) is 0 Å². The molecule has 0 heterocycles. The lowest BCUT2D eigenvalue weighted by Gasteiger charge is -2.06. The van der Waals surface area contributed by atoms with Crippen LogP contribution in [-0.2, 0) is 0 Å². The molecule has 3 rings (SSSR count). The molecule has 1 aliphatic rings. The van der Waals surface area contributed by atoms with E-state index in [0.29, 0.717) is 0 Å². The minimum atomic E-state index is 0.148. The standard InChI is InChI=1S/C17H14O/c18-17(15-9-5-2-6-10-15)16(14-11-12-14)13-7-3-1-4-8-13/h1-10H,11-12H2. The normalized spacial score (nSPS) is 13.2. The lowest BCUT2D eigenvalue weighted by molar-refractivity contribution is 0.105. The Morgan fingerprint density at radius 2 is 1.22 bits per heavy atom. The third-order valence-corrected chi connectivity index (χ3v) is 3.18. The van der Waals surface area contributed by atoms with Gasteiger partial charge in [0.2, 0.25) is 0 Å². The molecule has 0 aliphatic heterocycles. The maximum absolute atomic E-state index is 12.6. The van der Waals surface area contributed by atoms with Gasteiger partial charge in [-0.2, -0.15) is 0 Å². The van der Waals surface area contributed by atoms with Gasteiger partial charge in [-0.15, -0.1) is 0 Å². The summed E-state index contributed by atoms with van der Waals surface area (Å²) in [5.41, 5.74) is 4.01. The average molecular weight is 234 g/mol. The molecule has 1 saturated carbocycles. The largest absolute Gasteiger partial charge is 0.289 e. The third kappa shape index (κ3) is 2.12. The molecule has 88 valence electrons. The number of carbonyl (C=O) groups excluding carboxylic acids is 1. The van der Waals surface area contributed by atoms with Crippen LogP contribution in [0, 0.1) is 0 Å². The molecule has 0 N–H and O–H groups in total. The van der Waals surface area contributed by atoms with E-state index >= 15 is 0 Å². The smallest absolute Gasteiger partial charge is 0.193 e. The highest BCUT2D eigenvalue weighted by molar-refractivity contribution is 6.30. The van der Waals surface area contributed by atoms with Gasteiger partial charge in [0.15, 0.2) is 5.78 Å². The first-order valence-corrected chi connectivity index (χ1v) is 6.23. The third-order valence-electron chi connectivity index (χ3n) is 3.18. The number of benzene rings is 2. The van der Waals surface area contributed by atoms with Crippen molar-refractivity contribution in [2.45, 2.75) is 12.8 Å². The Bertz CT molecular complexity index is 588. The SMILES string of the molecule is O=C(C(=C1CC1)c1ccccc1)c1ccccc1. The van der Waals surface area contributed by atoms with Gasteiger partial charge in [-0.1, -0.05) is 66.2 Å². The van der Waals surface area contributed by atoms with Gasteiger partial charge in [-0.05, 0) is 18.4 Å². The molecule has 0 unspecified atom stereocenters. The number of rotatable bonds is 3. The molecule has 1 aliphatic carbocycles. The second-order valence-electron chi connectivity index (χ2n) is 4.54. The first-order chi connectivity index (χ1) is 8.86. The second kappa shape index (κ2) is 4.61. The Kier molecular flexibility index (Phi) is 2.81. The zero-order chi connectivity index (χ0) is 12.4. The minimum absolute atomic E-state index is 0.148. The van der Waals surface area contributed by atoms with Crippen molar-refractivity contribution < 1.29 is 4.79 Å². The van der Waals surface area contributed by atoms with Crippen LogP contribution in [0.3, 0.4) is 0 Å².